The van der Waals surface area contributed by atoms with Crippen LogP contribution in [-0.4, -0.2) is 39.6 Å². The zero-order chi connectivity index (χ0) is 17.1. The number of carboxylic acids is 1. The lowest BCUT2D eigenvalue weighted by Crippen LogP contribution is -2.24. The number of benzene rings is 1. The summed E-state index contributed by atoms with van der Waals surface area (Å²) >= 11 is 0. The average molecular weight is 330 g/mol. The van der Waals surface area contributed by atoms with E-state index in [4.69, 9.17) is 9.47 Å². The van der Waals surface area contributed by atoms with Gasteiger partial charge in [-0.1, -0.05) is 13.0 Å². The molecule has 1 aromatic heterocycles. The second-order valence-electron chi connectivity index (χ2n) is 5.24. The number of carbonyl (C=O) groups is 1. The Morgan fingerprint density at radius 2 is 2.25 bits per heavy atom. The van der Waals surface area contributed by atoms with Crippen LogP contribution in [0, 0.1) is 0 Å². The van der Waals surface area contributed by atoms with Gasteiger partial charge in [0.2, 0.25) is 5.95 Å². The number of fused-ring (bicyclic) bond motifs is 1. The zero-order valence-corrected chi connectivity index (χ0v) is 13.4. The molecule has 1 atom stereocenters. The van der Waals surface area contributed by atoms with Gasteiger partial charge in [-0.15, -0.1) is 0 Å². The summed E-state index contributed by atoms with van der Waals surface area (Å²) in [5.41, 5.74) is 0.883. The van der Waals surface area contributed by atoms with Crippen molar-refractivity contribution >= 4 is 11.9 Å². The summed E-state index contributed by atoms with van der Waals surface area (Å²) in [5, 5.41) is 16.2. The normalized spacial score (nSPS) is 15.9. The monoisotopic (exact) mass is 330 g/mol. The second-order valence-corrected chi connectivity index (χ2v) is 5.24. The first kappa shape index (κ1) is 15.9. The van der Waals surface area contributed by atoms with Gasteiger partial charge in [0.15, 0.2) is 11.5 Å². The number of hydrogen-bond acceptors (Lipinski definition) is 6. The third kappa shape index (κ3) is 2.90. The Bertz CT molecular complexity index is 784. The summed E-state index contributed by atoms with van der Waals surface area (Å²) in [6, 6.07) is 5.10. The van der Waals surface area contributed by atoms with Crippen LogP contribution in [-0.2, 0) is 4.79 Å². The Balaban J connectivity index is 2.00. The van der Waals surface area contributed by atoms with Crippen molar-refractivity contribution in [1.82, 2.24) is 14.8 Å². The molecule has 0 saturated heterocycles. The van der Waals surface area contributed by atoms with Gasteiger partial charge < -0.3 is 19.9 Å². The number of nitrogens with one attached hydrogen (secondary N) is 1. The lowest BCUT2D eigenvalue weighted by atomic mass is 10.0. The van der Waals surface area contributed by atoms with E-state index in [-0.39, 0.29) is 5.70 Å². The smallest absolute Gasteiger partial charge is 0.352 e. The van der Waals surface area contributed by atoms with E-state index >= 15 is 0 Å². The Morgan fingerprint density at radius 3 is 2.96 bits per heavy atom. The molecule has 1 aliphatic rings. The molecule has 3 rings (SSSR count). The minimum Gasteiger partial charge on any atom is -0.493 e. The third-order valence-electron chi connectivity index (χ3n) is 3.63. The van der Waals surface area contributed by atoms with Crippen molar-refractivity contribution in [3.63, 3.8) is 0 Å². The molecule has 1 unspecified atom stereocenters. The Labute approximate surface area is 138 Å². The molecular weight excluding hydrogens is 312 g/mol. The van der Waals surface area contributed by atoms with Crippen LogP contribution < -0.4 is 14.8 Å². The SMILES string of the molecule is CCCOc1ccc(C2C=C(C(=O)O)Nc3ncnn32)cc1OC. The van der Waals surface area contributed by atoms with Crippen molar-refractivity contribution < 1.29 is 19.4 Å². The van der Waals surface area contributed by atoms with E-state index < -0.39 is 12.0 Å². The van der Waals surface area contributed by atoms with Crippen LogP contribution in [0.4, 0.5) is 5.95 Å². The first-order valence-corrected chi connectivity index (χ1v) is 7.56. The molecule has 1 aliphatic heterocycles. The maximum atomic E-state index is 11.3. The first-order valence-electron chi connectivity index (χ1n) is 7.56. The Morgan fingerprint density at radius 1 is 1.42 bits per heavy atom. The number of allylic oxidation sites excluding steroid dienone is 1. The summed E-state index contributed by atoms with van der Waals surface area (Å²) < 4.78 is 12.7. The highest BCUT2D eigenvalue weighted by Gasteiger charge is 2.26. The topological polar surface area (TPSA) is 98.5 Å². The summed E-state index contributed by atoms with van der Waals surface area (Å²) in [5.74, 6) is 0.569. The number of anilines is 1. The fourth-order valence-corrected chi connectivity index (χ4v) is 2.50. The molecule has 0 radical (unpaired) electrons. The van der Waals surface area contributed by atoms with E-state index in [1.54, 1.807) is 17.9 Å². The molecule has 0 fully saturated rings. The molecule has 0 amide bonds. The van der Waals surface area contributed by atoms with Crippen LogP contribution in [0.15, 0.2) is 36.3 Å². The maximum absolute atomic E-state index is 11.3. The summed E-state index contributed by atoms with van der Waals surface area (Å²) in [6.45, 7) is 2.62. The zero-order valence-electron chi connectivity index (χ0n) is 13.4. The molecule has 0 spiro atoms. The number of methoxy groups -OCH3 is 1. The number of aromatic nitrogens is 3. The molecule has 0 bridgehead atoms. The lowest BCUT2D eigenvalue weighted by molar-refractivity contribution is -0.132. The van der Waals surface area contributed by atoms with Gasteiger partial charge in [-0.25, -0.2) is 9.48 Å². The molecule has 0 aliphatic carbocycles. The van der Waals surface area contributed by atoms with E-state index in [1.807, 2.05) is 25.1 Å². The average Bonchev–Trinajstić information content (AvgIpc) is 3.07. The van der Waals surface area contributed by atoms with Crippen LogP contribution >= 0.6 is 0 Å². The molecule has 2 N–H and O–H groups in total. The van der Waals surface area contributed by atoms with E-state index in [0.29, 0.717) is 24.1 Å². The Hall–Kier alpha value is -3.03. The fourth-order valence-electron chi connectivity index (χ4n) is 2.50. The predicted molar refractivity (Wildman–Crippen MR) is 86.3 cm³/mol. The number of ether oxygens (including phenoxy) is 2. The van der Waals surface area contributed by atoms with Gasteiger partial charge >= 0.3 is 5.97 Å². The van der Waals surface area contributed by atoms with Gasteiger partial charge in [-0.2, -0.15) is 10.1 Å². The molecule has 126 valence electrons. The maximum Gasteiger partial charge on any atom is 0.352 e. The van der Waals surface area contributed by atoms with Gasteiger partial charge in [-0.05, 0) is 30.2 Å². The predicted octanol–water partition coefficient (Wildman–Crippen LogP) is 2.06. The number of aliphatic carboxylic acids is 1. The second kappa shape index (κ2) is 6.61. The summed E-state index contributed by atoms with van der Waals surface area (Å²) in [6.07, 6.45) is 3.86. The van der Waals surface area contributed by atoms with Crippen LogP contribution in [0.5, 0.6) is 11.5 Å². The van der Waals surface area contributed by atoms with E-state index in [0.717, 1.165) is 12.0 Å². The fraction of sp³-hybridized carbons (Fsp3) is 0.312. The van der Waals surface area contributed by atoms with Gasteiger partial charge in [0, 0.05) is 0 Å². The van der Waals surface area contributed by atoms with Crippen molar-refractivity contribution in [3.05, 3.63) is 41.9 Å². The molecule has 2 aromatic rings. The molecule has 0 saturated carbocycles. The van der Waals surface area contributed by atoms with Gasteiger partial charge in [0.1, 0.15) is 18.1 Å². The first-order chi connectivity index (χ1) is 11.6. The van der Waals surface area contributed by atoms with Crippen molar-refractivity contribution in [1.29, 1.82) is 0 Å². The van der Waals surface area contributed by atoms with Crippen molar-refractivity contribution in [3.8, 4) is 11.5 Å². The minimum absolute atomic E-state index is 0.0609. The largest absolute Gasteiger partial charge is 0.493 e. The molecule has 8 heteroatoms. The Kier molecular flexibility index (Phi) is 4.37. The highest BCUT2D eigenvalue weighted by atomic mass is 16.5. The highest BCUT2D eigenvalue weighted by Crippen LogP contribution is 2.34. The highest BCUT2D eigenvalue weighted by molar-refractivity contribution is 5.90. The molecule has 8 nitrogen and oxygen atoms in total. The van der Waals surface area contributed by atoms with Crippen LogP contribution in [0.2, 0.25) is 0 Å². The summed E-state index contributed by atoms with van der Waals surface area (Å²) in [4.78, 5) is 15.4. The standard InChI is InChI=1S/C16H18N4O4/c1-3-6-24-13-5-4-10(7-14(13)23-2)12-8-11(15(21)22)19-16-17-9-18-20(12)16/h4-5,7-9,12H,3,6H2,1-2H3,(H,21,22)(H,17,18,19). The number of hydrogen-bond donors (Lipinski definition) is 2. The van der Waals surface area contributed by atoms with Gasteiger partial charge in [-0.3, -0.25) is 0 Å². The van der Waals surface area contributed by atoms with E-state index in [1.165, 1.54) is 6.33 Å². The van der Waals surface area contributed by atoms with E-state index in [2.05, 4.69) is 15.4 Å². The van der Waals surface area contributed by atoms with Crippen molar-refractivity contribution in [2.75, 3.05) is 19.0 Å². The van der Waals surface area contributed by atoms with Gasteiger partial charge in [0.05, 0.1) is 13.7 Å². The van der Waals surface area contributed by atoms with Gasteiger partial charge in [0.25, 0.3) is 0 Å². The third-order valence-corrected chi connectivity index (χ3v) is 3.63. The molecule has 2 heterocycles. The van der Waals surface area contributed by atoms with E-state index in [9.17, 15) is 9.90 Å². The lowest BCUT2D eigenvalue weighted by Gasteiger charge is -2.23. The van der Waals surface area contributed by atoms with Crippen LogP contribution in [0.3, 0.4) is 0 Å². The van der Waals surface area contributed by atoms with Crippen LogP contribution in [0.25, 0.3) is 0 Å². The summed E-state index contributed by atoms with van der Waals surface area (Å²) in [7, 11) is 1.57. The van der Waals surface area contributed by atoms with Crippen LogP contribution in [0.1, 0.15) is 24.9 Å². The molecule has 24 heavy (non-hydrogen) atoms. The number of nitrogens with zero attached hydrogens (tertiary/aromatic N) is 3. The van der Waals surface area contributed by atoms with Crippen molar-refractivity contribution in [2.24, 2.45) is 0 Å². The molecule has 1 aromatic carbocycles. The molecular formula is C16H18N4O4. The minimum atomic E-state index is -1.05. The number of carboxylic acid groups (broad SMARTS) is 1. The quantitative estimate of drug-likeness (QED) is 0.836. The van der Waals surface area contributed by atoms with Crippen molar-refractivity contribution in [2.45, 2.75) is 19.4 Å². The number of rotatable bonds is 6.